The number of carbonyl (C=O) groups is 1. The topological polar surface area (TPSA) is 75.5 Å². The minimum absolute atomic E-state index is 0.00647. The quantitative estimate of drug-likeness (QED) is 0.829. The first-order valence-electron chi connectivity index (χ1n) is 9.58. The number of aromatic nitrogens is 1. The van der Waals surface area contributed by atoms with E-state index in [1.165, 1.54) is 0 Å². The number of fused-ring (bicyclic) bond motifs is 1. The standard InChI is InChI=1S/C20H25N3O3/c21-14-20(7-1-2-8-20)19(24)23-12-17(18-16(23)4-3-11-25-18)26-13-15-5-9-22-10-6-15/h5-6,9-10,16-18H,1-4,7-8,11-13H2/t16-,17+,18+/m1/s1. The fraction of sp³-hybridized carbons (Fsp3) is 0.650. The van der Waals surface area contributed by atoms with Gasteiger partial charge in [-0.05, 0) is 43.4 Å². The van der Waals surface area contributed by atoms with E-state index in [1.54, 1.807) is 12.4 Å². The molecule has 1 amide bonds. The second kappa shape index (κ2) is 7.34. The van der Waals surface area contributed by atoms with Crippen LogP contribution in [-0.2, 0) is 20.9 Å². The maximum absolute atomic E-state index is 13.3. The van der Waals surface area contributed by atoms with Crippen LogP contribution in [0, 0.1) is 16.7 Å². The zero-order chi connectivity index (χ0) is 18.0. The monoisotopic (exact) mass is 355 g/mol. The normalized spacial score (nSPS) is 30.0. The summed E-state index contributed by atoms with van der Waals surface area (Å²) in [6.07, 6.45) is 8.41. The molecule has 0 unspecified atom stereocenters. The molecule has 0 bridgehead atoms. The lowest BCUT2D eigenvalue weighted by Gasteiger charge is -2.35. The van der Waals surface area contributed by atoms with Gasteiger partial charge in [0.1, 0.15) is 17.6 Å². The third-order valence-corrected chi connectivity index (χ3v) is 6.03. The summed E-state index contributed by atoms with van der Waals surface area (Å²) in [5.41, 5.74) is 0.226. The fourth-order valence-electron chi connectivity index (χ4n) is 4.60. The van der Waals surface area contributed by atoms with Gasteiger partial charge in [0.25, 0.3) is 0 Å². The molecule has 3 fully saturated rings. The van der Waals surface area contributed by atoms with Gasteiger partial charge in [0.15, 0.2) is 0 Å². The van der Waals surface area contributed by atoms with E-state index in [0.717, 1.165) is 31.2 Å². The Hall–Kier alpha value is -1.97. The van der Waals surface area contributed by atoms with Crippen molar-refractivity contribution < 1.29 is 14.3 Å². The van der Waals surface area contributed by atoms with Crippen LogP contribution in [0.25, 0.3) is 0 Å². The van der Waals surface area contributed by atoms with E-state index in [9.17, 15) is 10.1 Å². The minimum atomic E-state index is -0.831. The van der Waals surface area contributed by atoms with Crippen molar-refractivity contribution in [3.05, 3.63) is 30.1 Å². The number of pyridine rings is 1. The summed E-state index contributed by atoms with van der Waals surface area (Å²) in [4.78, 5) is 19.2. The molecule has 1 saturated carbocycles. The Kier molecular flexibility index (Phi) is 4.92. The SMILES string of the molecule is N#CC1(C(=O)N2C[C@H](OCc3ccncc3)[C@H]3OCCC[C@H]32)CCCC1. The van der Waals surface area contributed by atoms with Gasteiger partial charge < -0.3 is 14.4 Å². The molecular weight excluding hydrogens is 330 g/mol. The molecule has 4 rings (SSSR count). The number of hydrogen-bond donors (Lipinski definition) is 0. The Morgan fingerprint density at radius 2 is 2.12 bits per heavy atom. The summed E-state index contributed by atoms with van der Waals surface area (Å²) in [6, 6.07) is 6.24. The summed E-state index contributed by atoms with van der Waals surface area (Å²) in [6.45, 7) is 1.70. The Morgan fingerprint density at radius 1 is 1.35 bits per heavy atom. The van der Waals surface area contributed by atoms with Crippen LogP contribution in [0.4, 0.5) is 0 Å². The van der Waals surface area contributed by atoms with Gasteiger partial charge in [-0.3, -0.25) is 9.78 Å². The van der Waals surface area contributed by atoms with Crippen molar-refractivity contribution in [1.29, 1.82) is 5.26 Å². The van der Waals surface area contributed by atoms with Gasteiger partial charge in [0.05, 0.1) is 18.7 Å². The number of likely N-dealkylation sites (tertiary alicyclic amines) is 1. The molecule has 6 nitrogen and oxygen atoms in total. The first-order valence-corrected chi connectivity index (χ1v) is 9.58. The highest BCUT2D eigenvalue weighted by molar-refractivity contribution is 5.86. The second-order valence-corrected chi connectivity index (χ2v) is 7.61. The van der Waals surface area contributed by atoms with Crippen molar-refractivity contribution in [2.45, 2.75) is 63.4 Å². The molecule has 0 aromatic carbocycles. The third kappa shape index (κ3) is 3.10. The van der Waals surface area contributed by atoms with Gasteiger partial charge in [-0.1, -0.05) is 12.8 Å². The van der Waals surface area contributed by atoms with E-state index < -0.39 is 5.41 Å². The number of nitrogens with zero attached hydrogens (tertiary/aromatic N) is 3. The van der Waals surface area contributed by atoms with Gasteiger partial charge >= 0.3 is 0 Å². The molecule has 3 heterocycles. The summed E-state index contributed by atoms with van der Waals surface area (Å²) in [5.74, 6) is -0.00647. The van der Waals surface area contributed by atoms with E-state index in [0.29, 0.717) is 32.6 Å². The number of rotatable bonds is 4. The van der Waals surface area contributed by atoms with Gasteiger partial charge in [-0.15, -0.1) is 0 Å². The largest absolute Gasteiger partial charge is 0.373 e. The molecule has 26 heavy (non-hydrogen) atoms. The lowest BCUT2D eigenvalue weighted by Crippen LogP contribution is -2.48. The minimum Gasteiger partial charge on any atom is -0.373 e. The molecule has 2 aliphatic heterocycles. The van der Waals surface area contributed by atoms with Crippen LogP contribution in [0.3, 0.4) is 0 Å². The summed E-state index contributed by atoms with van der Waals surface area (Å²) in [7, 11) is 0. The number of nitriles is 1. The van der Waals surface area contributed by atoms with Crippen molar-refractivity contribution in [3.63, 3.8) is 0 Å². The van der Waals surface area contributed by atoms with E-state index in [-0.39, 0.29) is 24.2 Å². The van der Waals surface area contributed by atoms with Crippen molar-refractivity contribution in [1.82, 2.24) is 9.88 Å². The van der Waals surface area contributed by atoms with Crippen LogP contribution in [0.5, 0.6) is 0 Å². The highest BCUT2D eigenvalue weighted by Crippen LogP contribution is 2.42. The van der Waals surface area contributed by atoms with E-state index in [2.05, 4.69) is 11.1 Å². The molecule has 1 aromatic heterocycles. The predicted octanol–water partition coefficient (Wildman–Crippen LogP) is 2.44. The van der Waals surface area contributed by atoms with Crippen LogP contribution in [-0.4, -0.2) is 47.2 Å². The first-order chi connectivity index (χ1) is 12.7. The number of hydrogen-bond acceptors (Lipinski definition) is 5. The van der Waals surface area contributed by atoms with Gasteiger partial charge in [0, 0.05) is 25.5 Å². The molecular formula is C20H25N3O3. The molecule has 0 N–H and O–H groups in total. The molecule has 1 aromatic rings. The third-order valence-electron chi connectivity index (χ3n) is 6.03. The smallest absolute Gasteiger partial charge is 0.243 e. The fourth-order valence-corrected chi connectivity index (χ4v) is 4.60. The number of ether oxygens (including phenoxy) is 2. The predicted molar refractivity (Wildman–Crippen MR) is 93.8 cm³/mol. The molecule has 0 spiro atoms. The average Bonchev–Trinajstić information content (AvgIpc) is 3.32. The van der Waals surface area contributed by atoms with Gasteiger partial charge in [-0.2, -0.15) is 5.26 Å². The van der Waals surface area contributed by atoms with E-state index in [4.69, 9.17) is 9.47 Å². The van der Waals surface area contributed by atoms with Crippen molar-refractivity contribution in [3.8, 4) is 6.07 Å². The lowest BCUT2D eigenvalue weighted by molar-refractivity contribution is -0.142. The van der Waals surface area contributed by atoms with Gasteiger partial charge in [0.2, 0.25) is 5.91 Å². The second-order valence-electron chi connectivity index (χ2n) is 7.61. The van der Waals surface area contributed by atoms with Crippen LogP contribution in [0.1, 0.15) is 44.1 Å². The molecule has 0 radical (unpaired) electrons. The maximum atomic E-state index is 13.3. The Bertz CT molecular complexity index is 681. The number of amides is 1. The Labute approximate surface area is 154 Å². The molecule has 3 atom stereocenters. The summed E-state index contributed by atoms with van der Waals surface area (Å²) >= 11 is 0. The number of carbonyl (C=O) groups excluding carboxylic acids is 1. The summed E-state index contributed by atoms with van der Waals surface area (Å²) in [5, 5.41) is 9.70. The Morgan fingerprint density at radius 3 is 2.85 bits per heavy atom. The van der Waals surface area contributed by atoms with Crippen LogP contribution >= 0.6 is 0 Å². The maximum Gasteiger partial charge on any atom is 0.243 e. The van der Waals surface area contributed by atoms with Gasteiger partial charge in [-0.25, -0.2) is 0 Å². The lowest BCUT2D eigenvalue weighted by atomic mass is 9.86. The molecule has 138 valence electrons. The highest BCUT2D eigenvalue weighted by Gasteiger charge is 2.52. The van der Waals surface area contributed by atoms with Crippen LogP contribution in [0.2, 0.25) is 0 Å². The Balaban J connectivity index is 1.49. The van der Waals surface area contributed by atoms with Crippen molar-refractivity contribution in [2.24, 2.45) is 5.41 Å². The zero-order valence-corrected chi connectivity index (χ0v) is 15.0. The highest BCUT2D eigenvalue weighted by atomic mass is 16.5. The molecule has 3 aliphatic rings. The van der Waals surface area contributed by atoms with Crippen molar-refractivity contribution in [2.75, 3.05) is 13.2 Å². The zero-order valence-electron chi connectivity index (χ0n) is 15.0. The summed E-state index contributed by atoms with van der Waals surface area (Å²) < 4.78 is 12.1. The van der Waals surface area contributed by atoms with Crippen molar-refractivity contribution >= 4 is 5.91 Å². The molecule has 6 heteroatoms. The molecule has 2 saturated heterocycles. The van der Waals surface area contributed by atoms with E-state index >= 15 is 0 Å². The van der Waals surface area contributed by atoms with E-state index in [1.807, 2.05) is 17.0 Å². The molecule has 1 aliphatic carbocycles. The average molecular weight is 355 g/mol. The first kappa shape index (κ1) is 17.4. The van der Waals surface area contributed by atoms with Crippen LogP contribution < -0.4 is 0 Å². The van der Waals surface area contributed by atoms with Crippen LogP contribution in [0.15, 0.2) is 24.5 Å².